The Balaban J connectivity index is 1.35. The van der Waals surface area contributed by atoms with Crippen molar-refractivity contribution in [3.8, 4) is 21.8 Å². The molecule has 6 rings (SSSR count). The summed E-state index contributed by atoms with van der Waals surface area (Å²) in [5.74, 6) is 0. The second-order valence-corrected chi connectivity index (χ2v) is 13.7. The number of allylic oxidation sites excluding steroid dienone is 6. The van der Waals surface area contributed by atoms with E-state index in [4.69, 9.17) is 16.6 Å². The lowest BCUT2D eigenvalue weighted by atomic mass is 9.83. The molecule has 5 heterocycles. The number of H-pyrrole nitrogens is 2. The molecule has 0 bridgehead atoms. The Morgan fingerprint density at radius 1 is 1.14 bits per heavy atom. The van der Waals surface area contributed by atoms with Gasteiger partial charge in [-0.05, 0) is 86.1 Å². The Hall–Kier alpha value is -3.94. The van der Waals surface area contributed by atoms with E-state index in [2.05, 4.69) is 71.1 Å². The molecular formula is C34H35ClN6S. The molecule has 0 spiro atoms. The molecule has 5 aromatic rings. The van der Waals surface area contributed by atoms with E-state index in [-0.39, 0.29) is 5.41 Å². The van der Waals surface area contributed by atoms with E-state index in [0.717, 1.165) is 71.5 Å². The van der Waals surface area contributed by atoms with Crippen molar-refractivity contribution < 1.29 is 0 Å². The van der Waals surface area contributed by atoms with Crippen LogP contribution in [-0.2, 0) is 0 Å². The summed E-state index contributed by atoms with van der Waals surface area (Å²) in [6.07, 6.45) is 14.5. The molecule has 214 valence electrons. The molecule has 0 saturated heterocycles. The highest BCUT2D eigenvalue weighted by atomic mass is 35.5. The SMILES string of the molecule is C=C/C(=C\C(=C/C)c1ccc2[nH]nc(-c3cc4c(-c5ccc(Cl)s5)cncc4[nH]3)c2n1)NC(CC(C)(C)C)=C1CCC1. The van der Waals surface area contributed by atoms with E-state index in [1.165, 1.54) is 30.5 Å². The molecule has 0 radical (unpaired) electrons. The number of nitrogens with zero attached hydrogens (tertiary/aromatic N) is 3. The molecule has 42 heavy (non-hydrogen) atoms. The number of thiophene rings is 1. The minimum atomic E-state index is 0.196. The Morgan fingerprint density at radius 3 is 2.64 bits per heavy atom. The number of rotatable bonds is 8. The fourth-order valence-corrected chi connectivity index (χ4v) is 6.39. The van der Waals surface area contributed by atoms with Gasteiger partial charge in [0.1, 0.15) is 11.2 Å². The van der Waals surface area contributed by atoms with Gasteiger partial charge in [-0.1, -0.05) is 50.6 Å². The molecule has 0 amide bonds. The predicted octanol–water partition coefficient (Wildman–Crippen LogP) is 9.82. The number of nitrogens with one attached hydrogen (secondary N) is 3. The second-order valence-electron chi connectivity index (χ2n) is 11.9. The normalized spacial score (nSPS) is 14.5. The van der Waals surface area contributed by atoms with Crippen LogP contribution in [0.25, 0.3) is 49.3 Å². The smallest absolute Gasteiger partial charge is 0.135 e. The van der Waals surface area contributed by atoms with Gasteiger partial charge in [0.2, 0.25) is 0 Å². The van der Waals surface area contributed by atoms with E-state index in [9.17, 15) is 0 Å². The average Bonchev–Trinajstić information content (AvgIpc) is 3.66. The van der Waals surface area contributed by atoms with Crippen molar-refractivity contribution in [2.24, 2.45) is 5.41 Å². The molecule has 1 aliphatic carbocycles. The highest BCUT2D eigenvalue weighted by Crippen LogP contribution is 2.38. The van der Waals surface area contributed by atoms with Crippen molar-refractivity contribution in [1.29, 1.82) is 0 Å². The molecule has 3 N–H and O–H groups in total. The summed E-state index contributed by atoms with van der Waals surface area (Å²) in [6, 6.07) is 10.1. The van der Waals surface area contributed by atoms with Crippen LogP contribution in [0.2, 0.25) is 4.34 Å². The third kappa shape index (κ3) is 5.72. The van der Waals surface area contributed by atoms with Crippen LogP contribution in [0.1, 0.15) is 59.1 Å². The van der Waals surface area contributed by atoms with Gasteiger partial charge in [0.15, 0.2) is 0 Å². The van der Waals surface area contributed by atoms with Crippen LogP contribution in [-0.4, -0.2) is 25.1 Å². The quantitative estimate of drug-likeness (QED) is 0.156. The van der Waals surface area contributed by atoms with Crippen molar-refractivity contribution in [2.45, 2.75) is 53.4 Å². The number of pyridine rings is 2. The maximum Gasteiger partial charge on any atom is 0.135 e. The van der Waals surface area contributed by atoms with Crippen molar-refractivity contribution in [1.82, 2.24) is 30.5 Å². The Kier molecular flexibility index (Phi) is 7.64. The van der Waals surface area contributed by atoms with Gasteiger partial charge in [0.05, 0.1) is 33.0 Å². The first-order valence-corrected chi connectivity index (χ1v) is 15.5. The molecule has 0 aliphatic heterocycles. The third-order valence-electron chi connectivity index (χ3n) is 7.57. The number of hydrogen-bond acceptors (Lipinski definition) is 5. The van der Waals surface area contributed by atoms with Crippen LogP contribution >= 0.6 is 22.9 Å². The molecular weight excluding hydrogens is 560 g/mol. The fraction of sp³-hybridized carbons (Fsp3) is 0.265. The van der Waals surface area contributed by atoms with Crippen LogP contribution in [0.5, 0.6) is 0 Å². The molecule has 0 unspecified atom stereocenters. The number of aromatic amines is 2. The summed E-state index contributed by atoms with van der Waals surface area (Å²) in [5, 5.41) is 12.6. The first-order valence-electron chi connectivity index (χ1n) is 14.3. The van der Waals surface area contributed by atoms with Gasteiger partial charge in [-0.15, -0.1) is 11.3 Å². The topological polar surface area (TPSA) is 82.3 Å². The molecule has 0 aromatic carbocycles. The van der Waals surface area contributed by atoms with Crippen molar-refractivity contribution >= 4 is 50.4 Å². The van der Waals surface area contributed by atoms with Crippen molar-refractivity contribution in [2.75, 3.05) is 0 Å². The van der Waals surface area contributed by atoms with Crippen LogP contribution in [0.4, 0.5) is 0 Å². The Bertz CT molecular complexity index is 1890. The minimum absolute atomic E-state index is 0.196. The molecule has 0 atom stereocenters. The molecule has 5 aromatic heterocycles. The number of hydrogen-bond donors (Lipinski definition) is 3. The van der Waals surface area contributed by atoms with Gasteiger partial charge < -0.3 is 10.3 Å². The summed E-state index contributed by atoms with van der Waals surface area (Å²) in [7, 11) is 0. The van der Waals surface area contributed by atoms with Gasteiger partial charge in [-0.2, -0.15) is 5.10 Å². The molecule has 1 aliphatic rings. The summed E-state index contributed by atoms with van der Waals surface area (Å²) in [5.41, 5.74) is 11.2. The Morgan fingerprint density at radius 2 is 1.98 bits per heavy atom. The maximum absolute atomic E-state index is 6.23. The van der Waals surface area contributed by atoms with E-state index >= 15 is 0 Å². The van der Waals surface area contributed by atoms with Gasteiger partial charge in [0.25, 0.3) is 0 Å². The van der Waals surface area contributed by atoms with E-state index in [1.54, 1.807) is 11.3 Å². The fourth-order valence-electron chi connectivity index (χ4n) is 5.32. The van der Waals surface area contributed by atoms with Crippen molar-refractivity contribution in [3.05, 3.63) is 94.5 Å². The van der Waals surface area contributed by atoms with Gasteiger partial charge in [-0.3, -0.25) is 10.1 Å². The molecule has 1 fully saturated rings. The molecule has 1 saturated carbocycles. The zero-order valence-electron chi connectivity index (χ0n) is 24.4. The Labute approximate surface area is 255 Å². The zero-order valence-corrected chi connectivity index (χ0v) is 26.0. The standard InChI is InChI=1S/C34H35ClN6S/c1-6-20(15-22(7-2)37-28(17-34(3,4)5)21-9-8-10-21)25-11-12-26-32(39-25)33(41-40-26)27-16-23-24(18-36-19-29(23)38-27)30-13-14-31(35)42-30/h6-7,11-16,18-19,37-38H,2,8-10,17H2,1,3-5H3,(H,40,41)/b20-6+,22-15+. The summed E-state index contributed by atoms with van der Waals surface area (Å²) < 4.78 is 0.751. The largest absolute Gasteiger partial charge is 0.359 e. The monoisotopic (exact) mass is 594 g/mol. The summed E-state index contributed by atoms with van der Waals surface area (Å²) in [4.78, 5) is 14.1. The van der Waals surface area contributed by atoms with Gasteiger partial charge in [-0.25, -0.2) is 4.98 Å². The van der Waals surface area contributed by atoms with E-state index in [1.807, 2.05) is 49.7 Å². The predicted molar refractivity (Wildman–Crippen MR) is 177 cm³/mol. The van der Waals surface area contributed by atoms with Crippen LogP contribution in [0.15, 0.2) is 84.5 Å². The summed E-state index contributed by atoms with van der Waals surface area (Å²) >= 11 is 7.77. The first kappa shape index (κ1) is 28.2. The van der Waals surface area contributed by atoms with Crippen LogP contribution in [0, 0.1) is 5.41 Å². The summed E-state index contributed by atoms with van der Waals surface area (Å²) in [6.45, 7) is 13.0. The lowest BCUT2D eigenvalue weighted by Gasteiger charge is -2.28. The van der Waals surface area contributed by atoms with Crippen LogP contribution in [0.3, 0.4) is 0 Å². The maximum atomic E-state index is 6.23. The minimum Gasteiger partial charge on any atom is -0.359 e. The number of halogens is 1. The second kappa shape index (κ2) is 11.4. The number of fused-ring (bicyclic) bond motifs is 2. The third-order valence-corrected chi connectivity index (χ3v) is 8.84. The lowest BCUT2D eigenvalue weighted by molar-refractivity contribution is 0.395. The van der Waals surface area contributed by atoms with Gasteiger partial charge >= 0.3 is 0 Å². The average molecular weight is 595 g/mol. The van der Waals surface area contributed by atoms with Gasteiger partial charge in [0, 0.05) is 33.4 Å². The lowest BCUT2D eigenvalue weighted by Crippen LogP contribution is -2.21. The van der Waals surface area contributed by atoms with E-state index in [0.29, 0.717) is 0 Å². The highest BCUT2D eigenvalue weighted by Gasteiger charge is 2.21. The molecule has 6 nitrogen and oxygen atoms in total. The highest BCUT2D eigenvalue weighted by molar-refractivity contribution is 7.19. The zero-order chi connectivity index (χ0) is 29.4. The number of aromatic nitrogens is 5. The molecule has 8 heteroatoms. The van der Waals surface area contributed by atoms with Crippen LogP contribution < -0.4 is 5.32 Å². The van der Waals surface area contributed by atoms with Crippen molar-refractivity contribution in [3.63, 3.8) is 0 Å². The first-order chi connectivity index (χ1) is 20.2. The van der Waals surface area contributed by atoms with E-state index < -0.39 is 0 Å².